The van der Waals surface area contributed by atoms with E-state index in [1.165, 1.54) is 0 Å². The largest absolute Gasteiger partial charge is 0.497 e. The van der Waals surface area contributed by atoms with Crippen molar-refractivity contribution in [3.05, 3.63) is 140 Å². The van der Waals surface area contributed by atoms with Crippen LogP contribution in [0.5, 0.6) is 23.0 Å². The fourth-order valence-electron chi connectivity index (χ4n) is 4.56. The van der Waals surface area contributed by atoms with Crippen LogP contribution in [0, 0.1) is 0 Å². The molecule has 0 saturated carbocycles. The summed E-state index contributed by atoms with van der Waals surface area (Å²) in [7, 11) is 3.20. The average Bonchev–Trinajstić information content (AvgIpc) is 3.09. The number of anilines is 4. The lowest BCUT2D eigenvalue weighted by Crippen LogP contribution is -2.18. The van der Waals surface area contributed by atoms with Crippen LogP contribution in [0.2, 0.25) is 0 Å². The van der Waals surface area contributed by atoms with Gasteiger partial charge in [-0.05, 0) is 83.9 Å². The van der Waals surface area contributed by atoms with Crippen molar-refractivity contribution in [2.75, 3.05) is 24.9 Å². The van der Waals surface area contributed by atoms with E-state index in [1.54, 1.807) is 62.8 Å². The Morgan fingerprint density at radius 1 is 0.511 bits per heavy atom. The van der Waals surface area contributed by atoms with Crippen LogP contribution < -0.4 is 36.0 Å². The van der Waals surface area contributed by atoms with Gasteiger partial charge in [0.2, 0.25) is 11.9 Å². The maximum atomic E-state index is 12.6. The summed E-state index contributed by atoms with van der Waals surface area (Å²) in [6.07, 6.45) is 0.699. The molecule has 0 aliphatic carbocycles. The zero-order chi connectivity index (χ0) is 32.6. The Morgan fingerprint density at radius 2 is 0.872 bits per heavy atom. The maximum absolute atomic E-state index is 12.6. The molecule has 0 radical (unpaired) electrons. The first-order valence-corrected chi connectivity index (χ1v) is 14.5. The van der Waals surface area contributed by atoms with E-state index in [1.807, 2.05) is 48.5 Å². The van der Waals surface area contributed by atoms with Gasteiger partial charge in [0.25, 0.3) is 11.1 Å². The highest BCUT2D eigenvalue weighted by molar-refractivity contribution is 5.56. The Kier molecular flexibility index (Phi) is 9.14. The average molecular weight is 631 g/mol. The van der Waals surface area contributed by atoms with E-state index in [0.717, 1.165) is 22.6 Å². The van der Waals surface area contributed by atoms with Crippen molar-refractivity contribution in [3.63, 3.8) is 0 Å². The van der Waals surface area contributed by atoms with E-state index in [9.17, 15) is 9.59 Å². The molecule has 0 fully saturated rings. The quantitative estimate of drug-likeness (QED) is 0.142. The summed E-state index contributed by atoms with van der Waals surface area (Å²) in [5.74, 6) is 3.14. The first-order chi connectivity index (χ1) is 22.9. The molecule has 4 aromatic carbocycles. The number of rotatable bonds is 12. The van der Waals surface area contributed by atoms with E-state index >= 15 is 0 Å². The molecule has 6 rings (SSSR count). The van der Waals surface area contributed by atoms with Crippen LogP contribution in [0.25, 0.3) is 0 Å². The molecule has 47 heavy (non-hydrogen) atoms. The second-order valence-corrected chi connectivity index (χ2v) is 10.3. The third-order valence-electron chi connectivity index (χ3n) is 7.06. The Bertz CT molecular complexity index is 1910. The van der Waals surface area contributed by atoms with Crippen LogP contribution >= 0.6 is 0 Å². The number of hydrogen-bond donors (Lipinski definition) is 4. The third-order valence-corrected chi connectivity index (χ3v) is 7.06. The van der Waals surface area contributed by atoms with Crippen molar-refractivity contribution in [1.29, 1.82) is 0 Å². The van der Waals surface area contributed by atoms with Gasteiger partial charge in [0.05, 0.1) is 14.2 Å². The summed E-state index contributed by atoms with van der Waals surface area (Å²) in [4.78, 5) is 30.6. The number of ether oxygens (including phenoxy) is 3. The van der Waals surface area contributed by atoms with Gasteiger partial charge in [0.1, 0.15) is 34.4 Å². The van der Waals surface area contributed by atoms with Crippen molar-refractivity contribution >= 4 is 23.3 Å². The van der Waals surface area contributed by atoms with Crippen LogP contribution in [-0.4, -0.2) is 44.6 Å². The lowest BCUT2D eigenvalue weighted by molar-refractivity contribution is 0.414. The lowest BCUT2D eigenvalue weighted by atomic mass is 10.1. The van der Waals surface area contributed by atoms with Crippen molar-refractivity contribution in [3.8, 4) is 23.0 Å². The van der Waals surface area contributed by atoms with Crippen molar-refractivity contribution < 1.29 is 14.2 Å². The van der Waals surface area contributed by atoms with E-state index in [4.69, 9.17) is 14.2 Å². The van der Waals surface area contributed by atoms with Gasteiger partial charge in [0, 0.05) is 24.2 Å². The van der Waals surface area contributed by atoms with E-state index in [0.29, 0.717) is 47.1 Å². The molecule has 0 aliphatic heterocycles. The molecule has 13 nitrogen and oxygen atoms in total. The van der Waals surface area contributed by atoms with Crippen LogP contribution in [0.3, 0.4) is 0 Å². The number of methoxy groups -OCH3 is 2. The molecule has 2 aromatic heterocycles. The second-order valence-electron chi connectivity index (χ2n) is 10.3. The molecule has 0 spiro atoms. The molecular formula is C34H30N8O5. The number of benzene rings is 4. The number of H-pyrrole nitrogens is 2. The summed E-state index contributed by atoms with van der Waals surface area (Å²) < 4.78 is 16.3. The van der Waals surface area contributed by atoms with Gasteiger partial charge in [-0.15, -0.1) is 20.4 Å². The van der Waals surface area contributed by atoms with Crippen LogP contribution in [-0.2, 0) is 12.8 Å². The molecule has 0 bridgehead atoms. The van der Waals surface area contributed by atoms with Gasteiger partial charge in [-0.2, -0.15) is 0 Å². The zero-order valence-corrected chi connectivity index (χ0v) is 25.5. The number of hydrogen-bond acceptors (Lipinski definition) is 11. The van der Waals surface area contributed by atoms with Gasteiger partial charge in [-0.1, -0.05) is 24.3 Å². The molecule has 2 heterocycles. The van der Waals surface area contributed by atoms with Crippen LogP contribution in [0.15, 0.2) is 107 Å². The number of aromatic nitrogens is 6. The second kappa shape index (κ2) is 14.1. The number of nitrogens with one attached hydrogen (secondary N) is 4. The fourth-order valence-corrected chi connectivity index (χ4v) is 4.56. The Labute approximate surface area is 268 Å². The standard InChI is InChI=1S/C34H30N8O5/c1-45-25-11-3-21(4-12-25)19-29-31(43)37-33(41-39-29)35-23-7-15-27(16-8-23)47-28-17-9-24(10-18-28)36-34-38-32(44)30(40-42-34)20-22-5-13-26(46-2)14-6-22/h3-18H,19-20H2,1-2H3,(H2,35,37,41,43)(H2,36,38,42,44). The molecule has 0 atom stereocenters. The van der Waals surface area contributed by atoms with Gasteiger partial charge in [-0.3, -0.25) is 19.6 Å². The van der Waals surface area contributed by atoms with Gasteiger partial charge in [0.15, 0.2) is 0 Å². The monoisotopic (exact) mass is 630 g/mol. The summed E-state index contributed by atoms with van der Waals surface area (Å²) in [6.45, 7) is 0. The fraction of sp³-hybridized carbons (Fsp3) is 0.118. The van der Waals surface area contributed by atoms with Gasteiger partial charge < -0.3 is 24.8 Å². The molecule has 0 amide bonds. The highest BCUT2D eigenvalue weighted by Gasteiger charge is 2.09. The van der Waals surface area contributed by atoms with E-state index in [-0.39, 0.29) is 23.0 Å². The topological polar surface area (TPSA) is 169 Å². The summed E-state index contributed by atoms with van der Waals surface area (Å²) in [5.41, 5.74) is 3.20. The Balaban J connectivity index is 1.01. The van der Waals surface area contributed by atoms with Crippen LogP contribution in [0.1, 0.15) is 22.5 Å². The van der Waals surface area contributed by atoms with Crippen molar-refractivity contribution in [1.82, 2.24) is 30.4 Å². The molecule has 0 aliphatic rings. The van der Waals surface area contributed by atoms with Crippen LogP contribution in [0.4, 0.5) is 23.3 Å². The molecule has 6 aromatic rings. The summed E-state index contributed by atoms with van der Waals surface area (Å²) >= 11 is 0. The minimum Gasteiger partial charge on any atom is -0.497 e. The first kappa shape index (κ1) is 30.5. The lowest BCUT2D eigenvalue weighted by Gasteiger charge is -2.10. The normalized spacial score (nSPS) is 10.7. The Hall–Kier alpha value is -6.50. The molecule has 236 valence electrons. The number of nitrogens with zero attached hydrogens (tertiary/aromatic N) is 4. The molecule has 4 N–H and O–H groups in total. The van der Waals surface area contributed by atoms with E-state index < -0.39 is 0 Å². The Morgan fingerprint density at radius 3 is 1.21 bits per heavy atom. The van der Waals surface area contributed by atoms with Crippen molar-refractivity contribution in [2.24, 2.45) is 0 Å². The maximum Gasteiger partial charge on any atom is 0.274 e. The molecule has 0 unspecified atom stereocenters. The minimum atomic E-state index is -0.323. The minimum absolute atomic E-state index is 0.225. The third kappa shape index (κ3) is 7.97. The summed E-state index contributed by atoms with van der Waals surface area (Å²) in [6, 6.07) is 29.2. The predicted octanol–water partition coefficient (Wildman–Crippen LogP) is 5.12. The zero-order valence-electron chi connectivity index (χ0n) is 25.5. The first-order valence-electron chi connectivity index (χ1n) is 14.5. The van der Waals surface area contributed by atoms with Gasteiger partial charge in [-0.25, -0.2) is 0 Å². The smallest absolute Gasteiger partial charge is 0.274 e. The highest BCUT2D eigenvalue weighted by Crippen LogP contribution is 2.26. The number of aromatic amines is 2. The van der Waals surface area contributed by atoms with Gasteiger partial charge >= 0.3 is 0 Å². The summed E-state index contributed by atoms with van der Waals surface area (Å²) in [5, 5.41) is 22.5. The predicted molar refractivity (Wildman–Crippen MR) is 176 cm³/mol. The van der Waals surface area contributed by atoms with Crippen molar-refractivity contribution in [2.45, 2.75) is 12.8 Å². The molecule has 0 saturated heterocycles. The van der Waals surface area contributed by atoms with E-state index in [2.05, 4.69) is 41.0 Å². The SMILES string of the molecule is COc1ccc(Cc2nnc(Nc3ccc(Oc4ccc(Nc5nnc(Cc6ccc(OC)cc6)c(=O)[nH]5)cc4)cc3)[nH]c2=O)cc1. The molecule has 13 heteroatoms. The molecular weight excluding hydrogens is 600 g/mol. The highest BCUT2D eigenvalue weighted by atomic mass is 16.5.